The van der Waals surface area contributed by atoms with Crippen LogP contribution in [-0.4, -0.2) is 37.4 Å². The summed E-state index contributed by atoms with van der Waals surface area (Å²) in [5, 5.41) is 0. The molecule has 0 aromatic rings. The number of ether oxygens (including phenoxy) is 3. The molecule has 2 bridgehead atoms. The van der Waals surface area contributed by atoms with E-state index in [0.29, 0.717) is 12.5 Å². The molecule has 1 heterocycles. The summed E-state index contributed by atoms with van der Waals surface area (Å²) in [5.74, 6) is 0.300. The van der Waals surface area contributed by atoms with Gasteiger partial charge in [0.1, 0.15) is 5.60 Å². The van der Waals surface area contributed by atoms with Crippen molar-refractivity contribution in [2.75, 3.05) is 13.7 Å². The molecule has 5 heteroatoms. The minimum Gasteiger partial charge on any atom is -0.469 e. The fourth-order valence-corrected chi connectivity index (χ4v) is 8.30. The van der Waals surface area contributed by atoms with Gasteiger partial charge in [0.05, 0.1) is 25.2 Å². The second kappa shape index (κ2) is 5.62. The third-order valence-electron chi connectivity index (χ3n) is 9.20. The lowest BCUT2D eigenvalue weighted by Crippen LogP contribution is -2.55. The van der Waals surface area contributed by atoms with Crippen LogP contribution in [0.15, 0.2) is 11.6 Å². The maximum atomic E-state index is 12.8. The second-order valence-corrected chi connectivity index (χ2v) is 10.6. The van der Waals surface area contributed by atoms with Crippen molar-refractivity contribution in [3.05, 3.63) is 11.6 Å². The number of hydrogen-bond donors (Lipinski definition) is 0. The summed E-state index contributed by atoms with van der Waals surface area (Å²) in [4.78, 5) is 24.6. The van der Waals surface area contributed by atoms with Gasteiger partial charge in [-0.15, -0.1) is 0 Å². The molecule has 1 saturated heterocycles. The van der Waals surface area contributed by atoms with Gasteiger partial charge in [-0.2, -0.15) is 0 Å². The van der Waals surface area contributed by atoms with E-state index in [-0.39, 0.29) is 34.8 Å². The van der Waals surface area contributed by atoms with Crippen molar-refractivity contribution in [1.82, 2.24) is 0 Å². The highest BCUT2D eigenvalue weighted by Crippen LogP contribution is 2.73. The Balaban J connectivity index is 1.57. The van der Waals surface area contributed by atoms with E-state index in [0.717, 1.165) is 44.9 Å². The number of allylic oxidation sites excluding steroid dienone is 1. The van der Waals surface area contributed by atoms with E-state index in [1.165, 1.54) is 19.6 Å². The first-order valence-corrected chi connectivity index (χ1v) is 10.8. The molecule has 4 fully saturated rings. The predicted octanol–water partition coefficient (Wildman–Crippen LogP) is 3.80. The highest BCUT2D eigenvalue weighted by atomic mass is 16.6. The zero-order valence-electron chi connectivity index (χ0n) is 17.5. The van der Waals surface area contributed by atoms with Gasteiger partial charge in [0.15, 0.2) is 0 Å². The summed E-state index contributed by atoms with van der Waals surface area (Å²) >= 11 is 0. The largest absolute Gasteiger partial charge is 0.469 e. The number of carbonyl (C=O) groups is 2. The molecule has 5 nitrogen and oxygen atoms in total. The lowest BCUT2D eigenvalue weighted by molar-refractivity contribution is -0.167. The summed E-state index contributed by atoms with van der Waals surface area (Å²) in [6.07, 6.45) is 9.49. The molecule has 7 atom stereocenters. The van der Waals surface area contributed by atoms with Crippen LogP contribution >= 0.6 is 0 Å². The van der Waals surface area contributed by atoms with Crippen LogP contribution < -0.4 is 0 Å². The van der Waals surface area contributed by atoms with Crippen molar-refractivity contribution < 1.29 is 23.8 Å². The summed E-state index contributed by atoms with van der Waals surface area (Å²) < 4.78 is 17.3. The number of fused-ring (bicyclic) bond motifs is 2. The summed E-state index contributed by atoms with van der Waals surface area (Å²) in [7, 11) is 1.51. The molecule has 154 valence electrons. The zero-order chi connectivity index (χ0) is 19.9. The number of esters is 2. The van der Waals surface area contributed by atoms with Gasteiger partial charge in [0, 0.05) is 12.8 Å². The topological polar surface area (TPSA) is 61.8 Å². The second-order valence-electron chi connectivity index (χ2n) is 10.6. The Morgan fingerprint density at radius 1 is 1.21 bits per heavy atom. The van der Waals surface area contributed by atoms with E-state index in [9.17, 15) is 9.59 Å². The van der Waals surface area contributed by atoms with Gasteiger partial charge in [0.25, 0.3) is 0 Å². The Bertz CT molecular complexity index is 773. The van der Waals surface area contributed by atoms with Crippen molar-refractivity contribution in [3.63, 3.8) is 0 Å². The molecule has 0 unspecified atom stereocenters. The molecule has 0 amide bonds. The predicted molar refractivity (Wildman–Crippen MR) is 102 cm³/mol. The van der Waals surface area contributed by atoms with Crippen molar-refractivity contribution in [3.8, 4) is 0 Å². The third-order valence-corrected chi connectivity index (χ3v) is 9.20. The third kappa shape index (κ3) is 2.12. The minimum atomic E-state index is -0.460. The van der Waals surface area contributed by atoms with Crippen LogP contribution in [0.5, 0.6) is 0 Å². The van der Waals surface area contributed by atoms with Crippen molar-refractivity contribution in [2.45, 2.75) is 77.4 Å². The number of rotatable bonds is 2. The molecule has 0 N–H and O–H groups in total. The normalized spacial score (nSPS) is 51.0. The highest BCUT2D eigenvalue weighted by molar-refractivity contribution is 5.77. The van der Waals surface area contributed by atoms with Crippen LogP contribution in [0.25, 0.3) is 0 Å². The zero-order valence-corrected chi connectivity index (χ0v) is 17.5. The SMILES string of the molecule is COC(=O)[C@]1(C)CCC[C@@]2(C)C3=C[C@H]4OC[C@@]5(OC(C)=O)C[C@]3(CC[C@H]12)C[C@H]45. The first-order chi connectivity index (χ1) is 13.2. The molecule has 0 aromatic carbocycles. The lowest BCUT2D eigenvalue weighted by atomic mass is 9.44. The van der Waals surface area contributed by atoms with Gasteiger partial charge in [-0.1, -0.05) is 25.0 Å². The summed E-state index contributed by atoms with van der Waals surface area (Å²) in [5.41, 5.74) is 0.683. The van der Waals surface area contributed by atoms with E-state index in [4.69, 9.17) is 14.2 Å². The monoisotopic (exact) mass is 388 g/mol. The molecule has 3 saturated carbocycles. The van der Waals surface area contributed by atoms with Crippen LogP contribution in [0, 0.1) is 28.1 Å². The van der Waals surface area contributed by atoms with Gasteiger partial charge in [-0.05, 0) is 62.2 Å². The van der Waals surface area contributed by atoms with Crippen LogP contribution in [0.2, 0.25) is 0 Å². The Morgan fingerprint density at radius 3 is 2.71 bits per heavy atom. The molecule has 0 aromatic heterocycles. The number of carbonyl (C=O) groups excluding carboxylic acids is 2. The van der Waals surface area contributed by atoms with Crippen LogP contribution in [0.4, 0.5) is 0 Å². The number of hydrogen-bond acceptors (Lipinski definition) is 5. The molecule has 5 rings (SSSR count). The fraction of sp³-hybridized carbons (Fsp3) is 0.826. The van der Waals surface area contributed by atoms with Crippen LogP contribution in [0.3, 0.4) is 0 Å². The highest BCUT2D eigenvalue weighted by Gasteiger charge is 2.70. The molecule has 4 aliphatic carbocycles. The van der Waals surface area contributed by atoms with Crippen LogP contribution in [0.1, 0.15) is 65.7 Å². The van der Waals surface area contributed by atoms with Crippen LogP contribution in [-0.2, 0) is 23.8 Å². The Kier molecular flexibility index (Phi) is 3.74. The van der Waals surface area contributed by atoms with E-state index in [1.807, 2.05) is 0 Å². The first kappa shape index (κ1) is 18.7. The quantitative estimate of drug-likeness (QED) is 0.532. The van der Waals surface area contributed by atoms with E-state index >= 15 is 0 Å². The van der Waals surface area contributed by atoms with Crippen molar-refractivity contribution in [2.24, 2.45) is 28.1 Å². The minimum absolute atomic E-state index is 0.0182. The van der Waals surface area contributed by atoms with Crippen molar-refractivity contribution >= 4 is 11.9 Å². The Labute approximate surface area is 167 Å². The molecule has 1 aliphatic heterocycles. The molecule has 1 spiro atoms. The average molecular weight is 389 g/mol. The fourth-order valence-electron chi connectivity index (χ4n) is 8.30. The van der Waals surface area contributed by atoms with E-state index in [1.54, 1.807) is 0 Å². The van der Waals surface area contributed by atoms with Gasteiger partial charge in [-0.3, -0.25) is 9.59 Å². The van der Waals surface area contributed by atoms with Gasteiger partial charge in [0.2, 0.25) is 0 Å². The summed E-state index contributed by atoms with van der Waals surface area (Å²) in [6.45, 7) is 6.52. The molecule has 0 radical (unpaired) electrons. The lowest BCUT2D eigenvalue weighted by Gasteiger charge is -2.60. The Hall–Kier alpha value is -1.36. The smallest absolute Gasteiger partial charge is 0.311 e. The van der Waals surface area contributed by atoms with Gasteiger partial charge >= 0.3 is 11.9 Å². The van der Waals surface area contributed by atoms with Gasteiger partial charge < -0.3 is 14.2 Å². The first-order valence-electron chi connectivity index (χ1n) is 10.8. The maximum absolute atomic E-state index is 12.8. The molecule has 28 heavy (non-hydrogen) atoms. The molecule has 5 aliphatic rings. The average Bonchev–Trinajstić information content (AvgIpc) is 3.07. The van der Waals surface area contributed by atoms with E-state index < -0.39 is 11.0 Å². The van der Waals surface area contributed by atoms with Crippen molar-refractivity contribution in [1.29, 1.82) is 0 Å². The Morgan fingerprint density at radius 2 is 2.00 bits per heavy atom. The number of methoxy groups -OCH3 is 1. The maximum Gasteiger partial charge on any atom is 0.311 e. The molecular formula is C23H32O5. The summed E-state index contributed by atoms with van der Waals surface area (Å²) in [6, 6.07) is 0. The van der Waals surface area contributed by atoms with Gasteiger partial charge in [-0.25, -0.2) is 0 Å². The van der Waals surface area contributed by atoms with E-state index in [2.05, 4.69) is 19.9 Å². The standard InChI is InChI=1S/C23H32O5/c1-14(24)28-23-12-22-9-6-17-20(2,7-5-8-21(17,3)19(25)26-4)18(22)10-16(27-13-23)15(23)11-22/h10,15-17H,5-9,11-13H2,1-4H3/t15-,16-,17+,20-,21-,22+,23+/m1/s1. The molecular weight excluding hydrogens is 356 g/mol.